The van der Waals surface area contributed by atoms with E-state index in [1.54, 1.807) is 6.07 Å². The minimum absolute atomic E-state index is 0.338. The predicted octanol–water partition coefficient (Wildman–Crippen LogP) is 2.39. The summed E-state index contributed by atoms with van der Waals surface area (Å²) in [5.74, 6) is -0.374. The molecule has 3 rings (SSSR count). The lowest BCUT2D eigenvalue weighted by Crippen LogP contribution is -2.23. The van der Waals surface area contributed by atoms with E-state index in [1.807, 2.05) is 6.07 Å². The molecule has 3 heteroatoms. The molecule has 1 fully saturated rings. The van der Waals surface area contributed by atoms with Crippen LogP contribution in [0.3, 0.4) is 0 Å². The van der Waals surface area contributed by atoms with Crippen LogP contribution in [0.1, 0.15) is 42.4 Å². The smallest absolute Gasteiger partial charge is 0.314 e. The average molecular weight is 232 g/mol. The van der Waals surface area contributed by atoms with Gasteiger partial charge in [-0.05, 0) is 61.3 Å². The molecule has 0 heterocycles. The van der Waals surface area contributed by atoms with E-state index in [-0.39, 0.29) is 0 Å². The van der Waals surface area contributed by atoms with Crippen molar-refractivity contribution < 1.29 is 15.0 Å². The molecule has 0 bridgehead atoms. The lowest BCUT2D eigenvalue weighted by atomic mass is 9.81. The zero-order valence-corrected chi connectivity index (χ0v) is 9.70. The molecular weight excluding hydrogens is 216 g/mol. The first kappa shape index (κ1) is 10.6. The van der Waals surface area contributed by atoms with Crippen molar-refractivity contribution >= 4 is 5.97 Å². The van der Waals surface area contributed by atoms with Crippen LogP contribution in [0.2, 0.25) is 0 Å². The summed E-state index contributed by atoms with van der Waals surface area (Å²) in [7, 11) is 0. The summed E-state index contributed by atoms with van der Waals surface area (Å²) in [6, 6.07) is 3.49. The third-order valence-electron chi connectivity index (χ3n) is 4.18. The summed E-state index contributed by atoms with van der Waals surface area (Å²) >= 11 is 0. The minimum atomic E-state index is -0.712. The zero-order valence-electron chi connectivity index (χ0n) is 9.70. The average Bonchev–Trinajstić information content (AvgIpc) is 3.11. The molecule has 1 saturated carbocycles. The van der Waals surface area contributed by atoms with E-state index < -0.39 is 11.4 Å². The molecule has 2 aliphatic carbocycles. The highest BCUT2D eigenvalue weighted by molar-refractivity contribution is 5.85. The van der Waals surface area contributed by atoms with Gasteiger partial charge in [0.1, 0.15) is 5.75 Å². The summed E-state index contributed by atoms with van der Waals surface area (Å²) in [6.07, 6.45) is 5.45. The molecule has 0 unspecified atom stereocenters. The Bertz CT molecular complexity index is 486. The molecule has 0 radical (unpaired) electrons. The van der Waals surface area contributed by atoms with Crippen LogP contribution < -0.4 is 0 Å². The van der Waals surface area contributed by atoms with Crippen molar-refractivity contribution in [3.8, 4) is 5.75 Å². The molecule has 0 amide bonds. The molecule has 1 aromatic carbocycles. The van der Waals surface area contributed by atoms with Crippen LogP contribution in [0.25, 0.3) is 0 Å². The number of benzene rings is 1. The normalized spacial score (nSPS) is 20.7. The zero-order chi connectivity index (χ0) is 12.0. The predicted molar refractivity (Wildman–Crippen MR) is 63.3 cm³/mol. The van der Waals surface area contributed by atoms with Gasteiger partial charge < -0.3 is 10.2 Å². The van der Waals surface area contributed by atoms with Crippen molar-refractivity contribution in [1.82, 2.24) is 0 Å². The maximum atomic E-state index is 11.4. The Morgan fingerprint density at radius 2 is 1.76 bits per heavy atom. The van der Waals surface area contributed by atoms with E-state index in [0.29, 0.717) is 5.75 Å². The number of hydrogen-bond acceptors (Lipinski definition) is 2. The largest absolute Gasteiger partial charge is 0.508 e. The lowest BCUT2D eigenvalue weighted by Gasteiger charge is -2.23. The van der Waals surface area contributed by atoms with Gasteiger partial charge in [0.05, 0.1) is 5.41 Å². The van der Waals surface area contributed by atoms with Crippen molar-refractivity contribution in [2.75, 3.05) is 0 Å². The van der Waals surface area contributed by atoms with Crippen molar-refractivity contribution in [3.63, 3.8) is 0 Å². The third-order valence-corrected chi connectivity index (χ3v) is 4.18. The van der Waals surface area contributed by atoms with E-state index in [0.717, 1.165) is 55.2 Å². The first-order valence-corrected chi connectivity index (χ1v) is 6.23. The number of hydrogen-bond donors (Lipinski definition) is 2. The van der Waals surface area contributed by atoms with Crippen molar-refractivity contribution in [1.29, 1.82) is 0 Å². The number of aliphatic carboxylic acids is 1. The van der Waals surface area contributed by atoms with E-state index >= 15 is 0 Å². The van der Waals surface area contributed by atoms with Crippen LogP contribution in [-0.2, 0) is 23.1 Å². The number of phenols is 1. The highest BCUT2D eigenvalue weighted by Crippen LogP contribution is 2.51. The molecule has 17 heavy (non-hydrogen) atoms. The second-order valence-electron chi connectivity index (χ2n) is 5.18. The van der Waals surface area contributed by atoms with Crippen molar-refractivity contribution in [2.24, 2.45) is 0 Å². The Morgan fingerprint density at radius 3 is 2.35 bits per heavy atom. The first-order chi connectivity index (χ1) is 8.15. The van der Waals surface area contributed by atoms with Crippen LogP contribution in [0.4, 0.5) is 0 Å². The standard InChI is InChI=1S/C14H16O3/c15-12-6-5-11(14(7-8-14)13(16)17)9-3-1-2-4-10(9)12/h5-6,15H,1-4,7-8H2,(H,16,17). The van der Waals surface area contributed by atoms with E-state index in [9.17, 15) is 15.0 Å². The number of rotatable bonds is 2. The van der Waals surface area contributed by atoms with Crippen LogP contribution in [0.5, 0.6) is 5.75 Å². The van der Waals surface area contributed by atoms with Gasteiger partial charge in [0.15, 0.2) is 0 Å². The molecule has 2 N–H and O–H groups in total. The highest BCUT2D eigenvalue weighted by atomic mass is 16.4. The van der Waals surface area contributed by atoms with Gasteiger partial charge in [-0.1, -0.05) is 6.07 Å². The summed E-state index contributed by atoms with van der Waals surface area (Å²) in [5.41, 5.74) is 2.41. The molecular formula is C14H16O3. The van der Waals surface area contributed by atoms with Crippen LogP contribution >= 0.6 is 0 Å². The molecule has 90 valence electrons. The van der Waals surface area contributed by atoms with Gasteiger partial charge in [0.2, 0.25) is 0 Å². The van der Waals surface area contributed by atoms with Gasteiger partial charge in [0.25, 0.3) is 0 Å². The minimum Gasteiger partial charge on any atom is -0.508 e. The fourth-order valence-corrected chi connectivity index (χ4v) is 3.02. The number of phenolic OH excluding ortho intramolecular Hbond substituents is 1. The lowest BCUT2D eigenvalue weighted by molar-refractivity contribution is -0.140. The number of aromatic hydroxyl groups is 1. The van der Waals surface area contributed by atoms with Gasteiger partial charge in [-0.15, -0.1) is 0 Å². The SMILES string of the molecule is O=C(O)C1(c2ccc(O)c3c2CCCC3)CC1. The Morgan fingerprint density at radius 1 is 1.12 bits per heavy atom. The number of fused-ring (bicyclic) bond motifs is 1. The monoisotopic (exact) mass is 232 g/mol. The Balaban J connectivity index is 2.15. The molecule has 2 aliphatic rings. The quantitative estimate of drug-likeness (QED) is 0.823. The molecule has 0 aromatic heterocycles. The Hall–Kier alpha value is -1.51. The summed E-state index contributed by atoms with van der Waals surface area (Å²) in [6.45, 7) is 0. The van der Waals surface area contributed by atoms with Gasteiger partial charge in [-0.2, -0.15) is 0 Å². The molecule has 3 nitrogen and oxygen atoms in total. The van der Waals surface area contributed by atoms with Crippen LogP contribution in [0.15, 0.2) is 12.1 Å². The maximum Gasteiger partial charge on any atom is 0.314 e. The van der Waals surface area contributed by atoms with Crippen molar-refractivity contribution in [3.05, 3.63) is 28.8 Å². The van der Waals surface area contributed by atoms with Crippen LogP contribution in [-0.4, -0.2) is 16.2 Å². The fraction of sp³-hybridized carbons (Fsp3) is 0.500. The van der Waals surface area contributed by atoms with E-state index in [1.165, 1.54) is 0 Å². The Kier molecular flexibility index (Phi) is 2.18. The molecule has 0 atom stereocenters. The number of carboxylic acid groups (broad SMARTS) is 1. The van der Waals surface area contributed by atoms with Gasteiger partial charge >= 0.3 is 5.97 Å². The fourth-order valence-electron chi connectivity index (χ4n) is 3.02. The second kappa shape index (κ2) is 3.49. The second-order valence-corrected chi connectivity index (χ2v) is 5.18. The maximum absolute atomic E-state index is 11.4. The van der Waals surface area contributed by atoms with Crippen molar-refractivity contribution in [2.45, 2.75) is 43.9 Å². The molecule has 0 aliphatic heterocycles. The molecule has 0 spiro atoms. The summed E-state index contributed by atoms with van der Waals surface area (Å²) in [4.78, 5) is 11.4. The summed E-state index contributed by atoms with van der Waals surface area (Å²) in [5, 5.41) is 19.2. The third kappa shape index (κ3) is 1.45. The van der Waals surface area contributed by atoms with Crippen LogP contribution in [0, 0.1) is 0 Å². The van der Waals surface area contributed by atoms with E-state index in [4.69, 9.17) is 0 Å². The first-order valence-electron chi connectivity index (χ1n) is 6.23. The topological polar surface area (TPSA) is 57.5 Å². The van der Waals surface area contributed by atoms with Gasteiger partial charge in [-0.25, -0.2) is 0 Å². The highest BCUT2D eigenvalue weighted by Gasteiger charge is 2.53. The van der Waals surface area contributed by atoms with Gasteiger partial charge in [0, 0.05) is 0 Å². The summed E-state index contributed by atoms with van der Waals surface area (Å²) < 4.78 is 0. The Labute approximate surface area is 100 Å². The van der Waals surface area contributed by atoms with Gasteiger partial charge in [-0.3, -0.25) is 4.79 Å². The number of carbonyl (C=O) groups is 1. The number of carboxylic acids is 1. The van der Waals surface area contributed by atoms with E-state index in [2.05, 4.69) is 0 Å². The molecule has 1 aromatic rings. The molecule has 0 saturated heterocycles.